The van der Waals surface area contributed by atoms with Crippen molar-refractivity contribution in [1.82, 2.24) is 5.32 Å². The van der Waals surface area contributed by atoms with Gasteiger partial charge in [-0.25, -0.2) is 0 Å². The standard InChI is InChI=1S/C16H24BrNO/c1-2-9-18-13-16(7-10-19-11-8-16)12-14-5-3-4-6-15(14)17/h3-6,18H,2,7-13H2,1H3. The molecule has 0 saturated carbocycles. The van der Waals surface area contributed by atoms with Crippen LogP contribution < -0.4 is 5.32 Å². The van der Waals surface area contributed by atoms with Crippen LogP contribution in [0.15, 0.2) is 28.7 Å². The van der Waals surface area contributed by atoms with Crippen molar-refractivity contribution in [2.24, 2.45) is 5.41 Å². The van der Waals surface area contributed by atoms with Gasteiger partial charge in [-0.15, -0.1) is 0 Å². The fourth-order valence-electron chi connectivity index (χ4n) is 2.80. The minimum absolute atomic E-state index is 0.358. The molecule has 0 bridgehead atoms. The van der Waals surface area contributed by atoms with E-state index in [-0.39, 0.29) is 0 Å². The van der Waals surface area contributed by atoms with E-state index in [0.29, 0.717) is 5.41 Å². The zero-order valence-electron chi connectivity index (χ0n) is 11.8. The molecule has 1 heterocycles. The molecule has 2 nitrogen and oxygen atoms in total. The number of halogens is 1. The van der Waals surface area contributed by atoms with Gasteiger partial charge in [-0.2, -0.15) is 0 Å². The molecule has 3 heteroatoms. The number of nitrogens with one attached hydrogen (secondary N) is 1. The smallest absolute Gasteiger partial charge is 0.0471 e. The van der Waals surface area contributed by atoms with Gasteiger partial charge in [0.2, 0.25) is 0 Å². The Morgan fingerprint density at radius 2 is 2.00 bits per heavy atom. The Labute approximate surface area is 125 Å². The summed E-state index contributed by atoms with van der Waals surface area (Å²) in [5.41, 5.74) is 1.78. The predicted octanol–water partition coefficient (Wildman–Crippen LogP) is 3.79. The highest BCUT2D eigenvalue weighted by atomic mass is 79.9. The number of rotatable bonds is 6. The molecule has 1 N–H and O–H groups in total. The molecule has 106 valence electrons. The third-order valence-corrected chi connectivity index (χ3v) is 4.78. The summed E-state index contributed by atoms with van der Waals surface area (Å²) in [6.45, 7) is 6.23. The van der Waals surface area contributed by atoms with E-state index in [1.54, 1.807) is 0 Å². The van der Waals surface area contributed by atoms with E-state index < -0.39 is 0 Å². The highest BCUT2D eigenvalue weighted by Gasteiger charge is 2.32. The van der Waals surface area contributed by atoms with Crippen LogP contribution in [0.1, 0.15) is 31.7 Å². The minimum atomic E-state index is 0.358. The van der Waals surface area contributed by atoms with Crippen molar-refractivity contribution in [3.8, 4) is 0 Å². The van der Waals surface area contributed by atoms with Crippen LogP contribution in [-0.2, 0) is 11.2 Å². The van der Waals surface area contributed by atoms with Crippen molar-refractivity contribution < 1.29 is 4.74 Å². The molecule has 19 heavy (non-hydrogen) atoms. The Bertz CT molecular complexity index is 388. The zero-order chi connectivity index (χ0) is 13.6. The fraction of sp³-hybridized carbons (Fsp3) is 0.625. The largest absolute Gasteiger partial charge is 0.381 e. The molecule has 1 aromatic rings. The molecule has 1 aliphatic heterocycles. The molecule has 0 atom stereocenters. The summed E-state index contributed by atoms with van der Waals surface area (Å²) in [7, 11) is 0. The Kier molecular flexibility index (Phi) is 5.86. The van der Waals surface area contributed by atoms with Crippen LogP contribution in [0, 0.1) is 5.41 Å². The van der Waals surface area contributed by atoms with Crippen LogP contribution in [0.5, 0.6) is 0 Å². The van der Waals surface area contributed by atoms with Gasteiger partial charge in [0.25, 0.3) is 0 Å². The van der Waals surface area contributed by atoms with Crippen LogP contribution in [0.2, 0.25) is 0 Å². The van der Waals surface area contributed by atoms with Gasteiger partial charge in [-0.05, 0) is 49.3 Å². The van der Waals surface area contributed by atoms with E-state index in [9.17, 15) is 0 Å². The van der Waals surface area contributed by atoms with Gasteiger partial charge in [-0.3, -0.25) is 0 Å². The molecule has 0 aromatic heterocycles. The maximum atomic E-state index is 5.56. The predicted molar refractivity (Wildman–Crippen MR) is 83.5 cm³/mol. The zero-order valence-corrected chi connectivity index (χ0v) is 13.3. The van der Waals surface area contributed by atoms with Crippen molar-refractivity contribution in [3.63, 3.8) is 0 Å². The summed E-state index contributed by atoms with van der Waals surface area (Å²) in [5, 5.41) is 3.61. The van der Waals surface area contributed by atoms with Gasteiger partial charge < -0.3 is 10.1 Å². The van der Waals surface area contributed by atoms with E-state index in [0.717, 1.165) is 45.6 Å². The minimum Gasteiger partial charge on any atom is -0.381 e. The lowest BCUT2D eigenvalue weighted by atomic mass is 9.75. The molecular formula is C16H24BrNO. The number of hydrogen-bond donors (Lipinski definition) is 1. The second kappa shape index (κ2) is 7.41. The maximum absolute atomic E-state index is 5.56. The third kappa shape index (κ3) is 4.30. The van der Waals surface area contributed by atoms with Crippen LogP contribution >= 0.6 is 15.9 Å². The van der Waals surface area contributed by atoms with Crippen molar-refractivity contribution in [3.05, 3.63) is 34.3 Å². The van der Waals surface area contributed by atoms with E-state index in [2.05, 4.69) is 52.4 Å². The molecular weight excluding hydrogens is 302 g/mol. The summed E-state index contributed by atoms with van der Waals surface area (Å²) in [4.78, 5) is 0. The number of hydrogen-bond acceptors (Lipinski definition) is 2. The first-order valence-corrected chi connectivity index (χ1v) is 8.07. The normalized spacial score (nSPS) is 18.4. The van der Waals surface area contributed by atoms with Gasteiger partial charge in [0.15, 0.2) is 0 Å². The van der Waals surface area contributed by atoms with Crippen LogP contribution in [-0.4, -0.2) is 26.3 Å². The lowest BCUT2D eigenvalue weighted by Crippen LogP contribution is -2.41. The molecule has 2 rings (SSSR count). The van der Waals surface area contributed by atoms with Crippen molar-refractivity contribution >= 4 is 15.9 Å². The van der Waals surface area contributed by atoms with Gasteiger partial charge in [0, 0.05) is 24.2 Å². The van der Waals surface area contributed by atoms with Crippen molar-refractivity contribution in [2.45, 2.75) is 32.6 Å². The Morgan fingerprint density at radius 3 is 2.68 bits per heavy atom. The highest BCUT2D eigenvalue weighted by Crippen LogP contribution is 2.35. The molecule has 1 aromatic carbocycles. The van der Waals surface area contributed by atoms with E-state index in [1.807, 2.05) is 0 Å². The van der Waals surface area contributed by atoms with E-state index in [1.165, 1.54) is 16.5 Å². The van der Waals surface area contributed by atoms with Crippen LogP contribution in [0.3, 0.4) is 0 Å². The van der Waals surface area contributed by atoms with Crippen molar-refractivity contribution in [2.75, 3.05) is 26.3 Å². The number of benzene rings is 1. The van der Waals surface area contributed by atoms with Gasteiger partial charge >= 0.3 is 0 Å². The summed E-state index contributed by atoms with van der Waals surface area (Å²) in [6.07, 6.45) is 4.65. The Hall–Kier alpha value is -0.380. The van der Waals surface area contributed by atoms with Crippen LogP contribution in [0.4, 0.5) is 0 Å². The Balaban J connectivity index is 2.06. The topological polar surface area (TPSA) is 21.3 Å². The maximum Gasteiger partial charge on any atom is 0.0471 e. The first-order chi connectivity index (χ1) is 9.26. The average Bonchev–Trinajstić information content (AvgIpc) is 2.43. The molecule has 0 radical (unpaired) electrons. The van der Waals surface area contributed by atoms with Crippen LogP contribution in [0.25, 0.3) is 0 Å². The monoisotopic (exact) mass is 325 g/mol. The molecule has 0 unspecified atom stereocenters. The lowest BCUT2D eigenvalue weighted by molar-refractivity contribution is 0.0149. The van der Waals surface area contributed by atoms with E-state index in [4.69, 9.17) is 4.74 Å². The molecule has 0 aliphatic carbocycles. The van der Waals surface area contributed by atoms with Crippen molar-refractivity contribution in [1.29, 1.82) is 0 Å². The second-order valence-electron chi connectivity index (χ2n) is 5.56. The quantitative estimate of drug-likeness (QED) is 0.803. The average molecular weight is 326 g/mol. The SMILES string of the molecule is CCCNCC1(Cc2ccccc2Br)CCOCC1. The molecule has 1 aliphatic rings. The summed E-state index contributed by atoms with van der Waals surface area (Å²) >= 11 is 3.68. The highest BCUT2D eigenvalue weighted by molar-refractivity contribution is 9.10. The van der Waals surface area contributed by atoms with Gasteiger partial charge in [0.1, 0.15) is 0 Å². The molecule has 0 spiro atoms. The fourth-order valence-corrected chi connectivity index (χ4v) is 3.22. The first-order valence-electron chi connectivity index (χ1n) is 7.28. The summed E-state index contributed by atoms with van der Waals surface area (Å²) < 4.78 is 6.79. The molecule has 0 amide bonds. The summed E-state index contributed by atoms with van der Waals surface area (Å²) in [6, 6.07) is 8.59. The number of ether oxygens (including phenoxy) is 1. The summed E-state index contributed by atoms with van der Waals surface area (Å²) in [5.74, 6) is 0. The van der Waals surface area contributed by atoms with Gasteiger partial charge in [0.05, 0.1) is 0 Å². The lowest BCUT2D eigenvalue weighted by Gasteiger charge is -2.38. The van der Waals surface area contributed by atoms with Gasteiger partial charge in [-0.1, -0.05) is 41.1 Å². The Morgan fingerprint density at radius 1 is 1.26 bits per heavy atom. The molecule has 1 saturated heterocycles. The third-order valence-electron chi connectivity index (χ3n) is 4.00. The first kappa shape index (κ1) is 15.0. The van der Waals surface area contributed by atoms with E-state index >= 15 is 0 Å². The second-order valence-corrected chi connectivity index (χ2v) is 6.41. The molecule has 1 fully saturated rings.